The van der Waals surface area contributed by atoms with Gasteiger partial charge in [0.25, 0.3) is 0 Å². The van der Waals surface area contributed by atoms with Gasteiger partial charge in [-0.3, -0.25) is 0 Å². The van der Waals surface area contributed by atoms with Crippen LogP contribution in [0.5, 0.6) is 0 Å². The predicted octanol–water partition coefficient (Wildman–Crippen LogP) is 3.82. The molecule has 0 amide bonds. The lowest BCUT2D eigenvalue weighted by Crippen LogP contribution is -2.38. The van der Waals surface area contributed by atoms with E-state index in [1.807, 2.05) is 0 Å². The van der Waals surface area contributed by atoms with Gasteiger partial charge in [-0.1, -0.05) is 27.7 Å². The molecule has 0 aliphatic heterocycles. The Labute approximate surface area is 126 Å². The quantitative estimate of drug-likeness (QED) is 0.693. The van der Waals surface area contributed by atoms with Crippen LogP contribution in [0.25, 0.3) is 0 Å². The van der Waals surface area contributed by atoms with Gasteiger partial charge < -0.3 is 10.6 Å². The van der Waals surface area contributed by atoms with E-state index in [4.69, 9.17) is 0 Å². The highest BCUT2D eigenvalue weighted by Gasteiger charge is 2.30. The van der Waals surface area contributed by atoms with Crippen LogP contribution in [0.3, 0.4) is 0 Å². The Morgan fingerprint density at radius 1 is 0.600 bits per heavy atom. The summed E-state index contributed by atoms with van der Waals surface area (Å²) in [5, 5.41) is 7.60. The van der Waals surface area contributed by atoms with Crippen LogP contribution in [0.15, 0.2) is 0 Å². The van der Waals surface area contributed by atoms with Crippen LogP contribution in [-0.4, -0.2) is 25.2 Å². The smallest absolute Gasteiger partial charge is 0.0118 e. The second-order valence-electron chi connectivity index (χ2n) is 7.73. The molecule has 0 aromatic rings. The number of hydrogen-bond acceptors (Lipinski definition) is 2. The van der Waals surface area contributed by atoms with E-state index in [0.717, 1.165) is 35.8 Å². The summed E-state index contributed by atoms with van der Waals surface area (Å²) in [6.07, 6.45) is 8.29. The lowest BCUT2D eigenvalue weighted by atomic mass is 10.00. The summed E-state index contributed by atoms with van der Waals surface area (Å²) in [5.74, 6) is 3.51. The third kappa shape index (κ3) is 4.21. The molecule has 2 N–H and O–H groups in total. The molecule has 0 bridgehead atoms. The Morgan fingerprint density at radius 3 is 1.20 bits per heavy atom. The number of hydrogen-bond donors (Lipinski definition) is 2. The normalized spacial score (nSPS) is 41.4. The first-order valence-corrected chi connectivity index (χ1v) is 9.06. The number of nitrogens with one attached hydrogen (secondary N) is 2. The van der Waals surface area contributed by atoms with Crippen LogP contribution in [0, 0.1) is 23.7 Å². The van der Waals surface area contributed by atoms with Crippen molar-refractivity contribution in [3.8, 4) is 0 Å². The average molecular weight is 280 g/mol. The van der Waals surface area contributed by atoms with Crippen molar-refractivity contribution in [3.63, 3.8) is 0 Å². The van der Waals surface area contributed by atoms with Gasteiger partial charge >= 0.3 is 0 Å². The van der Waals surface area contributed by atoms with Gasteiger partial charge in [0.1, 0.15) is 0 Å². The van der Waals surface area contributed by atoms with E-state index in [1.165, 1.54) is 51.6 Å². The molecule has 2 rings (SSSR count). The van der Waals surface area contributed by atoms with Crippen LogP contribution in [0.2, 0.25) is 0 Å². The average Bonchev–Trinajstić information content (AvgIpc) is 2.90. The molecule has 0 saturated heterocycles. The highest BCUT2D eigenvalue weighted by atomic mass is 14.9. The third-order valence-corrected chi connectivity index (χ3v) is 5.97. The molecule has 20 heavy (non-hydrogen) atoms. The first-order chi connectivity index (χ1) is 9.59. The molecule has 4 unspecified atom stereocenters. The summed E-state index contributed by atoms with van der Waals surface area (Å²) < 4.78 is 0. The van der Waals surface area contributed by atoms with Crippen molar-refractivity contribution in [2.24, 2.45) is 23.7 Å². The first-order valence-electron chi connectivity index (χ1n) is 9.06. The fraction of sp³-hybridized carbons (Fsp3) is 1.00. The van der Waals surface area contributed by atoms with Gasteiger partial charge in [-0.05, 0) is 75.3 Å². The molecular weight excluding hydrogens is 244 g/mol. The topological polar surface area (TPSA) is 24.1 Å². The summed E-state index contributed by atoms with van der Waals surface area (Å²) in [5.41, 5.74) is 0. The van der Waals surface area contributed by atoms with Crippen molar-refractivity contribution in [1.82, 2.24) is 10.6 Å². The Balaban J connectivity index is 1.52. The van der Waals surface area contributed by atoms with Crippen molar-refractivity contribution in [2.45, 2.75) is 78.3 Å². The first kappa shape index (κ1) is 16.3. The summed E-state index contributed by atoms with van der Waals surface area (Å²) in [6, 6.07) is 1.55. The Kier molecular flexibility index (Phi) is 6.35. The fourth-order valence-electron chi connectivity index (χ4n) is 4.48. The second kappa shape index (κ2) is 7.79. The highest BCUT2D eigenvalue weighted by molar-refractivity contribution is 4.86. The van der Waals surface area contributed by atoms with E-state index in [0.29, 0.717) is 0 Å². The molecule has 2 fully saturated rings. The molecule has 0 aromatic heterocycles. The van der Waals surface area contributed by atoms with Crippen LogP contribution in [0.1, 0.15) is 66.2 Å². The molecule has 0 spiro atoms. The SMILES string of the molecule is CC1CCC(C)C1NCCCCNC1C(C)CCC1C. The van der Waals surface area contributed by atoms with Crippen molar-refractivity contribution in [2.75, 3.05) is 13.1 Å². The molecule has 2 saturated carbocycles. The Bertz CT molecular complexity index is 231. The maximum atomic E-state index is 3.80. The van der Waals surface area contributed by atoms with Crippen molar-refractivity contribution >= 4 is 0 Å². The summed E-state index contributed by atoms with van der Waals surface area (Å²) >= 11 is 0. The van der Waals surface area contributed by atoms with Crippen molar-refractivity contribution in [3.05, 3.63) is 0 Å². The predicted molar refractivity (Wildman–Crippen MR) is 87.9 cm³/mol. The minimum atomic E-state index is 0.776. The van der Waals surface area contributed by atoms with Gasteiger partial charge in [0.15, 0.2) is 0 Å². The summed E-state index contributed by atoms with van der Waals surface area (Å²) in [6.45, 7) is 12.0. The third-order valence-electron chi connectivity index (χ3n) is 5.97. The Morgan fingerprint density at radius 2 is 0.900 bits per heavy atom. The fourth-order valence-corrected chi connectivity index (χ4v) is 4.48. The lowest BCUT2D eigenvalue weighted by molar-refractivity contribution is 0.349. The zero-order chi connectivity index (χ0) is 14.5. The largest absolute Gasteiger partial charge is 0.313 e. The standard InChI is InChI=1S/C18H36N2/c1-13-7-8-14(2)17(13)19-11-5-6-12-20-18-15(3)9-10-16(18)4/h13-20H,5-12H2,1-4H3. The molecule has 2 nitrogen and oxygen atoms in total. The van der Waals surface area contributed by atoms with Gasteiger partial charge in [-0.25, -0.2) is 0 Å². The summed E-state index contributed by atoms with van der Waals surface area (Å²) in [4.78, 5) is 0. The van der Waals surface area contributed by atoms with Crippen molar-refractivity contribution in [1.29, 1.82) is 0 Å². The van der Waals surface area contributed by atoms with Gasteiger partial charge in [-0.15, -0.1) is 0 Å². The van der Waals surface area contributed by atoms with E-state index in [-0.39, 0.29) is 0 Å². The van der Waals surface area contributed by atoms with Gasteiger partial charge in [0.05, 0.1) is 0 Å². The van der Waals surface area contributed by atoms with Crippen molar-refractivity contribution < 1.29 is 0 Å². The van der Waals surface area contributed by atoms with Crippen LogP contribution in [0.4, 0.5) is 0 Å². The molecule has 0 heterocycles. The molecule has 2 aliphatic carbocycles. The van der Waals surface area contributed by atoms with Crippen LogP contribution >= 0.6 is 0 Å². The molecule has 2 heteroatoms. The zero-order valence-electron chi connectivity index (χ0n) is 14.1. The van der Waals surface area contributed by atoms with E-state index in [9.17, 15) is 0 Å². The lowest BCUT2D eigenvalue weighted by Gasteiger charge is -2.23. The van der Waals surface area contributed by atoms with E-state index < -0.39 is 0 Å². The molecule has 0 aromatic carbocycles. The number of rotatable bonds is 7. The monoisotopic (exact) mass is 280 g/mol. The number of unbranched alkanes of at least 4 members (excludes halogenated alkanes) is 1. The van der Waals surface area contributed by atoms with Gasteiger partial charge in [0.2, 0.25) is 0 Å². The zero-order valence-corrected chi connectivity index (χ0v) is 14.1. The van der Waals surface area contributed by atoms with E-state index in [1.54, 1.807) is 0 Å². The Hall–Kier alpha value is -0.0800. The molecule has 118 valence electrons. The minimum absolute atomic E-state index is 0.776. The minimum Gasteiger partial charge on any atom is -0.313 e. The van der Waals surface area contributed by atoms with Crippen LogP contribution in [-0.2, 0) is 0 Å². The van der Waals surface area contributed by atoms with Gasteiger partial charge in [0, 0.05) is 12.1 Å². The summed E-state index contributed by atoms with van der Waals surface area (Å²) in [7, 11) is 0. The molecule has 2 aliphatic rings. The van der Waals surface area contributed by atoms with E-state index >= 15 is 0 Å². The molecule has 0 radical (unpaired) electrons. The molecular formula is C18H36N2. The van der Waals surface area contributed by atoms with E-state index in [2.05, 4.69) is 38.3 Å². The maximum absolute atomic E-state index is 3.80. The molecule has 4 atom stereocenters. The second-order valence-corrected chi connectivity index (χ2v) is 7.73. The van der Waals surface area contributed by atoms with Crippen LogP contribution < -0.4 is 10.6 Å². The maximum Gasteiger partial charge on any atom is 0.0118 e. The van der Waals surface area contributed by atoms with Gasteiger partial charge in [-0.2, -0.15) is 0 Å². The highest BCUT2D eigenvalue weighted by Crippen LogP contribution is 2.31.